The van der Waals surface area contributed by atoms with Crippen molar-refractivity contribution in [3.05, 3.63) is 63.7 Å². The Labute approximate surface area is 132 Å². The molecule has 118 valence electrons. The number of amides is 1. The van der Waals surface area contributed by atoms with Gasteiger partial charge >= 0.3 is 5.97 Å². The lowest BCUT2D eigenvalue weighted by Gasteiger charge is -2.09. The van der Waals surface area contributed by atoms with Crippen molar-refractivity contribution in [2.24, 2.45) is 0 Å². The molecule has 2 rings (SSSR count). The van der Waals surface area contributed by atoms with E-state index in [2.05, 4.69) is 5.32 Å². The summed E-state index contributed by atoms with van der Waals surface area (Å²) in [6.07, 6.45) is 0. The molecular weight excluding hydrogens is 300 g/mol. The van der Waals surface area contributed by atoms with Crippen LogP contribution in [0.25, 0.3) is 0 Å². The molecule has 0 aromatic heterocycles. The lowest BCUT2D eigenvalue weighted by atomic mass is 10.1. The van der Waals surface area contributed by atoms with E-state index in [1.807, 2.05) is 0 Å². The van der Waals surface area contributed by atoms with E-state index in [4.69, 9.17) is 4.74 Å². The van der Waals surface area contributed by atoms with Crippen LogP contribution in [0.1, 0.15) is 22.8 Å². The molecule has 0 radical (unpaired) electrons. The van der Waals surface area contributed by atoms with Crippen molar-refractivity contribution in [2.45, 2.75) is 13.8 Å². The quantitative estimate of drug-likeness (QED) is 0.404. The summed E-state index contributed by atoms with van der Waals surface area (Å²) >= 11 is 0. The molecular formula is C16H14N2O5. The first-order chi connectivity index (χ1) is 10.9. The molecule has 0 fully saturated rings. The Morgan fingerprint density at radius 3 is 2.35 bits per heavy atom. The van der Waals surface area contributed by atoms with Crippen LogP contribution in [0.5, 0.6) is 5.75 Å². The summed E-state index contributed by atoms with van der Waals surface area (Å²) in [6, 6.07) is 10.2. The molecule has 0 aliphatic carbocycles. The molecule has 0 saturated heterocycles. The number of nitro benzene ring substituents is 1. The van der Waals surface area contributed by atoms with Crippen LogP contribution in [0.3, 0.4) is 0 Å². The van der Waals surface area contributed by atoms with Crippen LogP contribution in [-0.4, -0.2) is 16.8 Å². The van der Waals surface area contributed by atoms with Crippen molar-refractivity contribution >= 4 is 23.3 Å². The highest BCUT2D eigenvalue weighted by atomic mass is 16.6. The number of nitro groups is 1. The molecule has 0 aliphatic rings. The summed E-state index contributed by atoms with van der Waals surface area (Å²) in [5, 5.41) is 13.4. The third-order valence-corrected chi connectivity index (χ3v) is 3.06. The molecule has 0 atom stereocenters. The lowest BCUT2D eigenvalue weighted by molar-refractivity contribution is -0.384. The van der Waals surface area contributed by atoms with Gasteiger partial charge in [-0.1, -0.05) is 6.07 Å². The van der Waals surface area contributed by atoms with Gasteiger partial charge in [-0.05, 0) is 36.8 Å². The van der Waals surface area contributed by atoms with Crippen molar-refractivity contribution in [3.8, 4) is 5.75 Å². The minimum absolute atomic E-state index is 0.101. The van der Waals surface area contributed by atoms with Crippen molar-refractivity contribution < 1.29 is 19.2 Å². The number of nitrogens with one attached hydrogen (secondary N) is 1. The Bertz CT molecular complexity index is 769. The SMILES string of the molecule is CC(=O)Oc1ccc(C(=O)Nc2cc([N+](=O)[O-])ccc2C)cc1. The van der Waals surface area contributed by atoms with Crippen LogP contribution < -0.4 is 10.1 Å². The topological polar surface area (TPSA) is 98.5 Å². The predicted octanol–water partition coefficient (Wildman–Crippen LogP) is 3.08. The van der Waals surface area contributed by atoms with E-state index in [1.54, 1.807) is 13.0 Å². The molecule has 0 saturated carbocycles. The third kappa shape index (κ3) is 4.13. The van der Waals surface area contributed by atoms with Crippen molar-refractivity contribution in [1.82, 2.24) is 0 Å². The molecule has 0 aliphatic heterocycles. The number of carbonyl (C=O) groups is 2. The number of esters is 1. The summed E-state index contributed by atoms with van der Waals surface area (Å²) in [5.41, 5.74) is 1.32. The van der Waals surface area contributed by atoms with Crippen LogP contribution in [0.15, 0.2) is 42.5 Å². The second-order valence-corrected chi connectivity index (χ2v) is 4.83. The van der Waals surface area contributed by atoms with E-state index >= 15 is 0 Å². The first-order valence-electron chi connectivity index (χ1n) is 6.71. The van der Waals surface area contributed by atoms with Crippen LogP contribution in [-0.2, 0) is 4.79 Å². The molecule has 0 spiro atoms. The van der Waals surface area contributed by atoms with Crippen LogP contribution >= 0.6 is 0 Å². The van der Waals surface area contributed by atoms with E-state index in [0.717, 1.165) is 0 Å². The Morgan fingerprint density at radius 2 is 1.78 bits per heavy atom. The summed E-state index contributed by atoms with van der Waals surface area (Å²) < 4.78 is 4.88. The van der Waals surface area contributed by atoms with E-state index in [0.29, 0.717) is 22.6 Å². The molecule has 1 N–H and O–H groups in total. The van der Waals surface area contributed by atoms with Gasteiger partial charge in [0.15, 0.2) is 0 Å². The fraction of sp³-hybridized carbons (Fsp3) is 0.125. The van der Waals surface area contributed by atoms with E-state index in [1.165, 1.54) is 43.3 Å². The standard InChI is InChI=1S/C16H14N2O5/c1-10-3-6-13(18(21)22)9-15(10)17-16(20)12-4-7-14(8-5-12)23-11(2)19/h3-9H,1-2H3,(H,17,20). The fourth-order valence-corrected chi connectivity index (χ4v) is 1.89. The number of non-ortho nitro benzene ring substituents is 1. The van der Waals surface area contributed by atoms with Crippen LogP contribution in [0.4, 0.5) is 11.4 Å². The maximum atomic E-state index is 12.2. The van der Waals surface area contributed by atoms with Gasteiger partial charge in [-0.25, -0.2) is 0 Å². The average molecular weight is 314 g/mol. The number of aryl methyl sites for hydroxylation is 1. The van der Waals surface area contributed by atoms with Gasteiger partial charge in [-0.3, -0.25) is 19.7 Å². The Kier molecular flexibility index (Phi) is 4.70. The molecule has 1 amide bonds. The Hall–Kier alpha value is -3.22. The van der Waals surface area contributed by atoms with Gasteiger partial charge in [0, 0.05) is 24.6 Å². The molecule has 7 nitrogen and oxygen atoms in total. The van der Waals surface area contributed by atoms with Gasteiger partial charge in [0.2, 0.25) is 0 Å². The van der Waals surface area contributed by atoms with Gasteiger partial charge in [0.25, 0.3) is 11.6 Å². The average Bonchev–Trinajstić information content (AvgIpc) is 2.49. The molecule has 7 heteroatoms. The number of benzene rings is 2. The Balaban J connectivity index is 2.17. The van der Waals surface area contributed by atoms with Gasteiger partial charge in [-0.2, -0.15) is 0 Å². The fourth-order valence-electron chi connectivity index (χ4n) is 1.89. The minimum Gasteiger partial charge on any atom is -0.427 e. The van der Waals surface area contributed by atoms with E-state index < -0.39 is 16.8 Å². The lowest BCUT2D eigenvalue weighted by Crippen LogP contribution is -2.13. The second kappa shape index (κ2) is 6.69. The zero-order valence-electron chi connectivity index (χ0n) is 12.5. The molecule has 2 aromatic carbocycles. The molecule has 23 heavy (non-hydrogen) atoms. The van der Waals surface area contributed by atoms with Gasteiger partial charge in [-0.15, -0.1) is 0 Å². The van der Waals surface area contributed by atoms with E-state index in [9.17, 15) is 19.7 Å². The van der Waals surface area contributed by atoms with Gasteiger partial charge in [0.05, 0.1) is 10.6 Å². The molecule has 0 bridgehead atoms. The summed E-state index contributed by atoms with van der Waals surface area (Å²) in [6.45, 7) is 3.02. The van der Waals surface area contributed by atoms with Gasteiger partial charge in [0.1, 0.15) is 5.75 Å². The largest absolute Gasteiger partial charge is 0.427 e. The predicted molar refractivity (Wildman–Crippen MR) is 83.5 cm³/mol. The number of carbonyl (C=O) groups excluding carboxylic acids is 2. The molecule has 2 aromatic rings. The van der Waals surface area contributed by atoms with Crippen molar-refractivity contribution in [2.75, 3.05) is 5.32 Å². The molecule has 0 heterocycles. The summed E-state index contributed by atoms with van der Waals surface area (Å²) in [7, 11) is 0. The number of nitrogens with zero attached hydrogens (tertiary/aromatic N) is 1. The van der Waals surface area contributed by atoms with Crippen LogP contribution in [0, 0.1) is 17.0 Å². The number of ether oxygens (including phenoxy) is 1. The van der Waals surface area contributed by atoms with E-state index in [-0.39, 0.29) is 5.69 Å². The minimum atomic E-state index is -0.525. The monoisotopic (exact) mass is 314 g/mol. The highest BCUT2D eigenvalue weighted by Crippen LogP contribution is 2.22. The molecule has 0 unspecified atom stereocenters. The van der Waals surface area contributed by atoms with Gasteiger partial charge < -0.3 is 10.1 Å². The number of hydrogen-bond acceptors (Lipinski definition) is 5. The zero-order chi connectivity index (χ0) is 17.0. The second-order valence-electron chi connectivity index (χ2n) is 4.83. The van der Waals surface area contributed by atoms with Crippen molar-refractivity contribution in [1.29, 1.82) is 0 Å². The first-order valence-corrected chi connectivity index (χ1v) is 6.71. The highest BCUT2D eigenvalue weighted by molar-refractivity contribution is 6.04. The van der Waals surface area contributed by atoms with Crippen LogP contribution in [0.2, 0.25) is 0 Å². The maximum Gasteiger partial charge on any atom is 0.308 e. The maximum absolute atomic E-state index is 12.2. The number of hydrogen-bond donors (Lipinski definition) is 1. The first kappa shape index (κ1) is 16.2. The smallest absolute Gasteiger partial charge is 0.308 e. The van der Waals surface area contributed by atoms with Crippen molar-refractivity contribution in [3.63, 3.8) is 0 Å². The summed E-state index contributed by atoms with van der Waals surface area (Å²) in [4.78, 5) is 33.3. The third-order valence-electron chi connectivity index (χ3n) is 3.06. The highest BCUT2D eigenvalue weighted by Gasteiger charge is 2.12. The Morgan fingerprint density at radius 1 is 1.13 bits per heavy atom. The number of rotatable bonds is 4. The number of anilines is 1. The normalized spacial score (nSPS) is 10.0. The zero-order valence-corrected chi connectivity index (χ0v) is 12.5. The summed E-state index contributed by atoms with van der Waals surface area (Å²) in [5.74, 6) is -0.530.